The number of carboxylic acids is 1. The Labute approximate surface area is 129 Å². The first-order valence-electron chi connectivity index (χ1n) is 6.09. The second kappa shape index (κ2) is 5.97. The molecule has 0 aliphatic rings. The molecule has 2 rings (SSSR count). The molecule has 6 heteroatoms. The second-order valence-electron chi connectivity index (χ2n) is 4.47. The molecule has 1 amide bonds. The summed E-state index contributed by atoms with van der Waals surface area (Å²) >= 11 is 3.25. The minimum Gasteiger partial charge on any atom is -0.478 e. The number of carbonyl (C=O) groups excluding carboxylic acids is 1. The largest absolute Gasteiger partial charge is 0.478 e. The maximum Gasteiger partial charge on any atom is 0.337 e. The van der Waals surface area contributed by atoms with Gasteiger partial charge < -0.3 is 16.2 Å². The molecule has 0 bridgehead atoms. The van der Waals surface area contributed by atoms with Crippen LogP contribution in [0.15, 0.2) is 40.9 Å². The summed E-state index contributed by atoms with van der Waals surface area (Å²) in [5.74, 6) is -1.51. The van der Waals surface area contributed by atoms with Gasteiger partial charge in [0.2, 0.25) is 0 Å². The Morgan fingerprint density at radius 1 is 1.19 bits per heavy atom. The average molecular weight is 349 g/mol. The van der Waals surface area contributed by atoms with E-state index >= 15 is 0 Å². The van der Waals surface area contributed by atoms with E-state index in [1.807, 2.05) is 0 Å². The van der Waals surface area contributed by atoms with E-state index in [9.17, 15) is 9.59 Å². The number of aromatic carboxylic acids is 1. The zero-order valence-electron chi connectivity index (χ0n) is 11.2. The monoisotopic (exact) mass is 348 g/mol. The van der Waals surface area contributed by atoms with E-state index in [1.54, 1.807) is 37.3 Å². The van der Waals surface area contributed by atoms with Gasteiger partial charge in [-0.3, -0.25) is 4.79 Å². The molecule has 2 aromatic rings. The first-order valence-corrected chi connectivity index (χ1v) is 6.88. The molecule has 2 aromatic carbocycles. The van der Waals surface area contributed by atoms with Gasteiger partial charge in [-0.1, -0.05) is 22.0 Å². The molecule has 0 spiro atoms. The summed E-state index contributed by atoms with van der Waals surface area (Å²) in [5, 5.41) is 11.8. The third-order valence-electron chi connectivity index (χ3n) is 3.08. The fourth-order valence-electron chi connectivity index (χ4n) is 1.90. The van der Waals surface area contributed by atoms with Gasteiger partial charge in [0.05, 0.1) is 11.3 Å². The maximum atomic E-state index is 12.3. The third kappa shape index (κ3) is 3.22. The van der Waals surface area contributed by atoms with E-state index in [0.29, 0.717) is 21.3 Å². The van der Waals surface area contributed by atoms with E-state index in [1.165, 1.54) is 6.07 Å². The lowest BCUT2D eigenvalue weighted by molar-refractivity contribution is 0.0698. The van der Waals surface area contributed by atoms with Crippen molar-refractivity contribution in [2.45, 2.75) is 6.92 Å². The fraction of sp³-hybridized carbons (Fsp3) is 0.0667. The van der Waals surface area contributed by atoms with Crippen molar-refractivity contribution in [2.75, 3.05) is 11.1 Å². The van der Waals surface area contributed by atoms with Crippen molar-refractivity contribution in [1.29, 1.82) is 0 Å². The molecular formula is C15H13BrN2O3. The number of rotatable bonds is 3. The van der Waals surface area contributed by atoms with Crippen LogP contribution in [0.2, 0.25) is 0 Å². The lowest BCUT2D eigenvalue weighted by atomic mass is 10.1. The Morgan fingerprint density at radius 2 is 1.90 bits per heavy atom. The van der Waals surface area contributed by atoms with Gasteiger partial charge in [-0.2, -0.15) is 0 Å². The summed E-state index contributed by atoms with van der Waals surface area (Å²) in [6.07, 6.45) is 0. The zero-order valence-corrected chi connectivity index (χ0v) is 12.8. The Morgan fingerprint density at radius 3 is 2.57 bits per heavy atom. The number of benzene rings is 2. The summed E-state index contributed by atoms with van der Waals surface area (Å²) < 4.78 is 0.673. The summed E-state index contributed by atoms with van der Waals surface area (Å²) in [7, 11) is 0. The molecule has 0 unspecified atom stereocenters. The molecule has 0 saturated carbocycles. The Kier molecular flexibility index (Phi) is 4.28. The SMILES string of the molecule is Cc1c(N)cccc1C(=O)Nc1cc(Br)ccc1C(=O)O. The minimum atomic E-state index is -1.11. The van der Waals surface area contributed by atoms with E-state index in [-0.39, 0.29) is 11.3 Å². The summed E-state index contributed by atoms with van der Waals surface area (Å²) in [5.41, 5.74) is 7.59. The topological polar surface area (TPSA) is 92.4 Å². The van der Waals surface area contributed by atoms with Crippen molar-refractivity contribution in [2.24, 2.45) is 0 Å². The molecule has 0 aromatic heterocycles. The predicted octanol–water partition coefficient (Wildman–Crippen LogP) is 3.29. The number of nitrogens with one attached hydrogen (secondary N) is 1. The Bertz CT molecular complexity index is 729. The third-order valence-corrected chi connectivity index (χ3v) is 3.57. The Balaban J connectivity index is 2.38. The number of halogens is 1. The van der Waals surface area contributed by atoms with Crippen LogP contribution in [0.4, 0.5) is 11.4 Å². The quantitative estimate of drug-likeness (QED) is 0.742. The number of carboxylic acid groups (broad SMARTS) is 1. The smallest absolute Gasteiger partial charge is 0.337 e. The normalized spacial score (nSPS) is 10.2. The maximum absolute atomic E-state index is 12.3. The molecule has 0 saturated heterocycles. The van der Waals surface area contributed by atoms with Gasteiger partial charge in [0, 0.05) is 15.7 Å². The molecule has 0 heterocycles. The van der Waals surface area contributed by atoms with Crippen molar-refractivity contribution in [3.63, 3.8) is 0 Å². The highest BCUT2D eigenvalue weighted by Gasteiger charge is 2.15. The van der Waals surface area contributed by atoms with Crippen molar-refractivity contribution < 1.29 is 14.7 Å². The minimum absolute atomic E-state index is 0.0214. The summed E-state index contributed by atoms with van der Waals surface area (Å²) in [6, 6.07) is 9.59. The zero-order chi connectivity index (χ0) is 15.6. The van der Waals surface area contributed by atoms with Gasteiger partial charge in [0.25, 0.3) is 5.91 Å². The van der Waals surface area contributed by atoms with Gasteiger partial charge in [-0.15, -0.1) is 0 Å². The number of hydrogen-bond donors (Lipinski definition) is 3. The molecular weight excluding hydrogens is 336 g/mol. The van der Waals surface area contributed by atoms with Crippen molar-refractivity contribution >= 4 is 39.2 Å². The van der Waals surface area contributed by atoms with Crippen LogP contribution < -0.4 is 11.1 Å². The molecule has 21 heavy (non-hydrogen) atoms. The van der Waals surface area contributed by atoms with Crippen LogP contribution in [-0.2, 0) is 0 Å². The molecule has 0 radical (unpaired) electrons. The standard InChI is InChI=1S/C15H13BrN2O3/c1-8-10(3-2-4-12(8)17)14(19)18-13-7-9(16)5-6-11(13)15(20)21/h2-7H,17H2,1H3,(H,18,19)(H,20,21). The Hall–Kier alpha value is -2.34. The second-order valence-corrected chi connectivity index (χ2v) is 5.38. The van der Waals surface area contributed by atoms with E-state index in [2.05, 4.69) is 21.2 Å². The van der Waals surface area contributed by atoms with Crippen molar-refractivity contribution in [3.8, 4) is 0 Å². The highest BCUT2D eigenvalue weighted by molar-refractivity contribution is 9.10. The van der Waals surface area contributed by atoms with Crippen molar-refractivity contribution in [3.05, 3.63) is 57.6 Å². The van der Waals surface area contributed by atoms with Crippen molar-refractivity contribution in [1.82, 2.24) is 0 Å². The van der Waals surface area contributed by atoms with Gasteiger partial charge in [0.1, 0.15) is 0 Å². The first kappa shape index (κ1) is 15.1. The lowest BCUT2D eigenvalue weighted by Gasteiger charge is -2.11. The van der Waals surface area contributed by atoms with Crippen LogP contribution in [0.3, 0.4) is 0 Å². The van der Waals surface area contributed by atoms with Crippen LogP contribution in [0, 0.1) is 6.92 Å². The molecule has 4 N–H and O–H groups in total. The van der Waals surface area contributed by atoms with Gasteiger partial charge >= 0.3 is 5.97 Å². The first-order chi connectivity index (χ1) is 9.90. The van der Waals surface area contributed by atoms with E-state index < -0.39 is 11.9 Å². The number of hydrogen-bond acceptors (Lipinski definition) is 3. The highest BCUT2D eigenvalue weighted by atomic mass is 79.9. The van der Waals surface area contributed by atoms with Crippen LogP contribution in [0.5, 0.6) is 0 Å². The highest BCUT2D eigenvalue weighted by Crippen LogP contribution is 2.23. The number of nitrogen functional groups attached to an aromatic ring is 1. The average Bonchev–Trinajstić information content (AvgIpc) is 2.41. The number of amides is 1. The molecule has 0 fully saturated rings. The van der Waals surface area contributed by atoms with Crippen LogP contribution in [0.25, 0.3) is 0 Å². The lowest BCUT2D eigenvalue weighted by Crippen LogP contribution is -2.16. The van der Waals surface area contributed by atoms with Crippen LogP contribution in [-0.4, -0.2) is 17.0 Å². The van der Waals surface area contributed by atoms with E-state index in [0.717, 1.165) is 0 Å². The number of nitrogens with two attached hydrogens (primary N) is 1. The van der Waals surface area contributed by atoms with Crippen LogP contribution >= 0.6 is 15.9 Å². The molecule has 5 nitrogen and oxygen atoms in total. The van der Waals surface area contributed by atoms with Crippen LogP contribution in [0.1, 0.15) is 26.3 Å². The molecule has 0 aliphatic heterocycles. The molecule has 108 valence electrons. The van der Waals surface area contributed by atoms with Gasteiger partial charge in [0.15, 0.2) is 0 Å². The fourth-order valence-corrected chi connectivity index (χ4v) is 2.26. The molecule has 0 aliphatic carbocycles. The number of anilines is 2. The molecule has 0 atom stereocenters. The van der Waals surface area contributed by atoms with E-state index in [4.69, 9.17) is 10.8 Å². The number of carbonyl (C=O) groups is 2. The summed E-state index contributed by atoms with van der Waals surface area (Å²) in [4.78, 5) is 23.5. The van der Waals surface area contributed by atoms with Gasteiger partial charge in [-0.25, -0.2) is 4.79 Å². The van der Waals surface area contributed by atoms with Gasteiger partial charge in [-0.05, 0) is 42.8 Å². The predicted molar refractivity (Wildman–Crippen MR) is 84.6 cm³/mol. The summed E-state index contributed by atoms with van der Waals surface area (Å²) in [6.45, 7) is 1.74.